The Kier molecular flexibility index (Phi) is 8.66. The van der Waals surface area contributed by atoms with Crippen LogP contribution in [0.5, 0.6) is 0 Å². The van der Waals surface area contributed by atoms with Crippen LogP contribution in [0.25, 0.3) is 0 Å². The molecule has 1 N–H and O–H groups in total. The van der Waals surface area contributed by atoms with E-state index in [-0.39, 0.29) is 5.91 Å². The molecule has 0 aliphatic heterocycles. The molecule has 0 heterocycles. The second kappa shape index (κ2) is 10.6. The van der Waals surface area contributed by atoms with Crippen molar-refractivity contribution in [2.45, 2.75) is 45.4 Å². The van der Waals surface area contributed by atoms with Crippen LogP contribution < -0.4 is 5.32 Å². The minimum absolute atomic E-state index is 0.0391. The predicted octanol–water partition coefficient (Wildman–Crippen LogP) is 5.44. The average molecular weight is 297 g/mol. The fraction of sp³-hybridized carbons (Fsp3) is 0.350. The van der Waals surface area contributed by atoms with Crippen LogP contribution in [0.1, 0.15) is 44.6 Å². The number of hydrogen-bond acceptors (Lipinski definition) is 1. The minimum atomic E-state index is 0.0391. The number of carbonyl (C=O) groups is 1. The van der Waals surface area contributed by atoms with E-state index in [0.717, 1.165) is 31.4 Å². The van der Waals surface area contributed by atoms with E-state index >= 15 is 0 Å². The number of carbonyl (C=O) groups excluding carboxylic acids is 1. The van der Waals surface area contributed by atoms with Crippen LogP contribution in [0.4, 0.5) is 5.69 Å². The van der Waals surface area contributed by atoms with Gasteiger partial charge in [-0.2, -0.15) is 0 Å². The first-order valence-electron chi connectivity index (χ1n) is 7.92. The molecule has 1 rings (SSSR count). The van der Waals surface area contributed by atoms with Gasteiger partial charge in [-0.1, -0.05) is 35.9 Å². The van der Waals surface area contributed by atoms with E-state index in [0.29, 0.717) is 12.8 Å². The maximum absolute atomic E-state index is 11.7. The first-order chi connectivity index (χ1) is 10.7. The summed E-state index contributed by atoms with van der Waals surface area (Å²) in [6, 6.07) is 8.08. The molecule has 0 bridgehead atoms. The van der Waals surface area contributed by atoms with E-state index < -0.39 is 0 Å². The lowest BCUT2D eigenvalue weighted by Gasteiger charge is -2.07. The predicted molar refractivity (Wildman–Crippen MR) is 96.0 cm³/mol. The molecule has 2 nitrogen and oxygen atoms in total. The van der Waals surface area contributed by atoms with Crippen LogP contribution >= 0.6 is 0 Å². The van der Waals surface area contributed by atoms with Crippen molar-refractivity contribution in [3.63, 3.8) is 0 Å². The number of benzene rings is 1. The normalized spacial score (nSPS) is 11.0. The first kappa shape index (κ1) is 18.0. The van der Waals surface area contributed by atoms with Crippen LogP contribution in [-0.4, -0.2) is 5.91 Å². The standard InChI is InChI=1S/C20H27NO/c1-4-6-10-17(3)11-8-12-18-13-9-14-19(16-18)21-20(22)15-7-5-2/h4-5,9,11,13-14,16H,1-2,6-8,10,12,15H2,3H3,(H,21,22)/b17-11-. The summed E-state index contributed by atoms with van der Waals surface area (Å²) in [4.78, 5) is 11.7. The zero-order chi connectivity index (χ0) is 16.2. The highest BCUT2D eigenvalue weighted by atomic mass is 16.1. The molecule has 118 valence electrons. The van der Waals surface area contributed by atoms with E-state index in [1.807, 2.05) is 18.2 Å². The molecule has 0 fully saturated rings. The summed E-state index contributed by atoms with van der Waals surface area (Å²) in [6.45, 7) is 9.54. The Balaban J connectivity index is 2.48. The molecule has 0 aromatic heterocycles. The van der Waals surface area contributed by atoms with Gasteiger partial charge in [-0.25, -0.2) is 0 Å². The molecule has 1 aromatic rings. The van der Waals surface area contributed by atoms with Crippen molar-refractivity contribution < 1.29 is 4.79 Å². The largest absolute Gasteiger partial charge is 0.326 e. The minimum Gasteiger partial charge on any atom is -0.326 e. The summed E-state index contributed by atoms with van der Waals surface area (Å²) in [6.07, 6.45) is 11.3. The second-order valence-electron chi connectivity index (χ2n) is 5.49. The molecular weight excluding hydrogens is 270 g/mol. The van der Waals surface area contributed by atoms with Gasteiger partial charge in [0.1, 0.15) is 0 Å². The number of rotatable bonds is 10. The number of hydrogen-bond donors (Lipinski definition) is 1. The monoisotopic (exact) mass is 297 g/mol. The van der Waals surface area contributed by atoms with Gasteiger partial charge in [0.2, 0.25) is 5.91 Å². The van der Waals surface area contributed by atoms with Crippen molar-refractivity contribution in [3.05, 3.63) is 66.8 Å². The maximum atomic E-state index is 11.7. The van der Waals surface area contributed by atoms with Crippen LogP contribution in [0.15, 0.2) is 61.2 Å². The van der Waals surface area contributed by atoms with Crippen molar-refractivity contribution in [3.8, 4) is 0 Å². The highest BCUT2D eigenvalue weighted by molar-refractivity contribution is 5.90. The van der Waals surface area contributed by atoms with Crippen LogP contribution in [0.3, 0.4) is 0 Å². The fourth-order valence-electron chi connectivity index (χ4n) is 2.18. The molecule has 22 heavy (non-hydrogen) atoms. The molecular formula is C20H27NO. The lowest BCUT2D eigenvalue weighted by Crippen LogP contribution is -2.10. The van der Waals surface area contributed by atoms with Crippen molar-refractivity contribution in [2.75, 3.05) is 5.32 Å². The number of aryl methyl sites for hydroxylation is 1. The topological polar surface area (TPSA) is 29.1 Å². The lowest BCUT2D eigenvalue weighted by molar-refractivity contribution is -0.116. The van der Waals surface area contributed by atoms with Gasteiger partial charge in [0, 0.05) is 12.1 Å². The molecule has 2 heteroatoms. The molecule has 1 aromatic carbocycles. The third-order valence-electron chi connectivity index (χ3n) is 3.45. The maximum Gasteiger partial charge on any atom is 0.224 e. The highest BCUT2D eigenvalue weighted by Crippen LogP contribution is 2.14. The van der Waals surface area contributed by atoms with Gasteiger partial charge in [-0.15, -0.1) is 13.2 Å². The van der Waals surface area contributed by atoms with Gasteiger partial charge in [0.05, 0.1) is 0 Å². The van der Waals surface area contributed by atoms with Gasteiger partial charge in [0.25, 0.3) is 0 Å². The van der Waals surface area contributed by atoms with Crippen LogP contribution in [-0.2, 0) is 11.2 Å². The molecule has 0 spiro atoms. The Morgan fingerprint density at radius 1 is 1.14 bits per heavy atom. The van der Waals surface area contributed by atoms with Gasteiger partial charge in [0.15, 0.2) is 0 Å². The lowest BCUT2D eigenvalue weighted by atomic mass is 10.1. The number of anilines is 1. The summed E-state index contributed by atoms with van der Waals surface area (Å²) < 4.78 is 0. The number of amides is 1. The van der Waals surface area contributed by atoms with E-state index in [4.69, 9.17) is 0 Å². The first-order valence-corrected chi connectivity index (χ1v) is 7.92. The molecule has 1 amide bonds. The summed E-state index contributed by atoms with van der Waals surface area (Å²) in [5.41, 5.74) is 3.53. The molecule has 0 aliphatic carbocycles. The zero-order valence-electron chi connectivity index (χ0n) is 13.6. The zero-order valence-corrected chi connectivity index (χ0v) is 13.6. The second-order valence-corrected chi connectivity index (χ2v) is 5.49. The average Bonchev–Trinajstić information content (AvgIpc) is 2.51. The quantitative estimate of drug-likeness (QED) is 0.573. The van der Waals surface area contributed by atoms with Crippen molar-refractivity contribution in [1.82, 2.24) is 0 Å². The van der Waals surface area contributed by atoms with E-state index in [2.05, 4.69) is 43.6 Å². The summed E-state index contributed by atoms with van der Waals surface area (Å²) in [7, 11) is 0. The van der Waals surface area contributed by atoms with Gasteiger partial charge in [-0.05, 0) is 56.7 Å². The van der Waals surface area contributed by atoms with Crippen LogP contribution in [0, 0.1) is 0 Å². The van der Waals surface area contributed by atoms with E-state index in [1.54, 1.807) is 6.08 Å². The van der Waals surface area contributed by atoms with Crippen molar-refractivity contribution in [1.29, 1.82) is 0 Å². The smallest absolute Gasteiger partial charge is 0.224 e. The Morgan fingerprint density at radius 3 is 2.59 bits per heavy atom. The SMILES string of the molecule is C=CCCC(=O)Nc1cccc(CC/C=C(/C)CCC=C)c1. The molecule has 0 radical (unpaired) electrons. The number of allylic oxidation sites excluding steroid dienone is 4. The number of nitrogens with one attached hydrogen (secondary N) is 1. The Morgan fingerprint density at radius 2 is 1.86 bits per heavy atom. The van der Waals surface area contributed by atoms with Crippen molar-refractivity contribution >= 4 is 11.6 Å². The third kappa shape index (κ3) is 7.63. The summed E-state index contributed by atoms with van der Waals surface area (Å²) in [5, 5.41) is 2.93. The highest BCUT2D eigenvalue weighted by Gasteiger charge is 2.01. The molecule has 0 aliphatic rings. The van der Waals surface area contributed by atoms with E-state index in [1.165, 1.54) is 11.1 Å². The van der Waals surface area contributed by atoms with E-state index in [9.17, 15) is 4.79 Å². The van der Waals surface area contributed by atoms with Gasteiger partial charge < -0.3 is 5.32 Å². The third-order valence-corrected chi connectivity index (χ3v) is 3.45. The summed E-state index contributed by atoms with van der Waals surface area (Å²) in [5.74, 6) is 0.0391. The van der Waals surface area contributed by atoms with Crippen molar-refractivity contribution in [2.24, 2.45) is 0 Å². The Hall–Kier alpha value is -2.09. The van der Waals surface area contributed by atoms with Crippen LogP contribution in [0.2, 0.25) is 0 Å². The van der Waals surface area contributed by atoms with Gasteiger partial charge in [-0.3, -0.25) is 4.79 Å². The Labute approximate surface area is 134 Å². The van der Waals surface area contributed by atoms with Gasteiger partial charge >= 0.3 is 0 Å². The molecule has 0 atom stereocenters. The molecule has 0 unspecified atom stereocenters. The molecule has 0 saturated heterocycles. The molecule has 0 saturated carbocycles. The summed E-state index contributed by atoms with van der Waals surface area (Å²) >= 11 is 0. The fourth-order valence-corrected chi connectivity index (χ4v) is 2.18. The Bertz CT molecular complexity index is 528.